The van der Waals surface area contributed by atoms with Crippen LogP contribution in [0.5, 0.6) is 0 Å². The summed E-state index contributed by atoms with van der Waals surface area (Å²) in [5, 5.41) is 3.60. The quantitative estimate of drug-likeness (QED) is 0.829. The summed E-state index contributed by atoms with van der Waals surface area (Å²) < 4.78 is 38.4. The molecule has 8 heteroatoms. The number of nitrogens with two attached hydrogens (primary N) is 1. The Bertz CT molecular complexity index is 483. The van der Waals surface area contributed by atoms with Crippen LogP contribution in [0.15, 0.2) is 17.1 Å². The van der Waals surface area contributed by atoms with E-state index in [4.69, 9.17) is 5.73 Å². The molecule has 0 saturated carbocycles. The van der Waals surface area contributed by atoms with Crippen LogP contribution < -0.4 is 11.3 Å². The van der Waals surface area contributed by atoms with E-state index >= 15 is 0 Å². The first-order valence-corrected chi connectivity index (χ1v) is 5.02. The van der Waals surface area contributed by atoms with Gasteiger partial charge >= 0.3 is 6.18 Å². The predicted molar refractivity (Wildman–Crippen MR) is 59.6 cm³/mol. The van der Waals surface area contributed by atoms with Crippen LogP contribution in [0.1, 0.15) is 5.56 Å². The molecule has 0 aliphatic rings. The third-order valence-corrected chi connectivity index (χ3v) is 2.38. The predicted octanol–water partition coefficient (Wildman–Crippen LogP) is 1.02. The van der Waals surface area contributed by atoms with Gasteiger partial charge in [-0.2, -0.15) is 18.3 Å². The Morgan fingerprint density at radius 1 is 1.65 bits per heavy atom. The van der Waals surface area contributed by atoms with Crippen LogP contribution in [0.25, 0.3) is 0 Å². The van der Waals surface area contributed by atoms with Crippen molar-refractivity contribution in [2.75, 3.05) is 0 Å². The number of alkyl halides is 3. The lowest BCUT2D eigenvalue weighted by Gasteiger charge is -2.19. The molecule has 1 unspecified atom stereocenters. The largest absolute Gasteiger partial charge is 0.399 e. The van der Waals surface area contributed by atoms with Gasteiger partial charge in [-0.05, 0) is 12.5 Å². The van der Waals surface area contributed by atoms with Gasteiger partial charge in [-0.3, -0.25) is 4.79 Å². The second kappa shape index (κ2) is 4.82. The highest BCUT2D eigenvalue weighted by Gasteiger charge is 2.42. The first-order valence-electron chi connectivity index (χ1n) is 4.61. The Morgan fingerprint density at radius 2 is 2.24 bits per heavy atom. The summed E-state index contributed by atoms with van der Waals surface area (Å²) in [6.07, 6.45) is -3.29. The van der Waals surface area contributed by atoms with Crippen molar-refractivity contribution in [2.24, 2.45) is 11.7 Å². The van der Waals surface area contributed by atoms with Crippen LogP contribution in [0.2, 0.25) is 0 Å². The van der Waals surface area contributed by atoms with Crippen molar-refractivity contribution < 1.29 is 13.2 Å². The summed E-state index contributed by atoms with van der Waals surface area (Å²) in [4.78, 5) is 10.7. The van der Waals surface area contributed by atoms with Gasteiger partial charge in [-0.15, -0.1) is 0 Å². The maximum absolute atomic E-state index is 12.6. The van der Waals surface area contributed by atoms with E-state index in [-0.39, 0.29) is 0 Å². The standard InChI is InChI=1S/C9H10F3N3OS/c1-5-2-7(16)15(14-3-5)4-6(8(13)17)9(10,11)12/h2-3,6H,4H2,1H3,(H2,13,17). The highest BCUT2D eigenvalue weighted by molar-refractivity contribution is 7.80. The number of nitrogens with zero attached hydrogens (tertiary/aromatic N) is 2. The van der Waals surface area contributed by atoms with Crippen LogP contribution in [0, 0.1) is 12.8 Å². The smallest absolute Gasteiger partial charge is 0.393 e. The first-order chi connectivity index (χ1) is 7.71. The van der Waals surface area contributed by atoms with Crippen LogP contribution in [0.3, 0.4) is 0 Å². The van der Waals surface area contributed by atoms with E-state index in [9.17, 15) is 18.0 Å². The molecule has 1 aromatic heterocycles. The average Bonchev–Trinajstić information content (AvgIpc) is 2.13. The number of rotatable bonds is 3. The van der Waals surface area contributed by atoms with Crippen molar-refractivity contribution in [3.8, 4) is 0 Å². The fraction of sp³-hybridized carbons (Fsp3) is 0.444. The zero-order valence-corrected chi connectivity index (χ0v) is 9.68. The molecule has 0 radical (unpaired) electrons. The molecule has 1 atom stereocenters. The van der Waals surface area contributed by atoms with Gasteiger partial charge in [0.05, 0.1) is 17.7 Å². The number of aromatic nitrogens is 2. The maximum Gasteiger partial charge on any atom is 0.399 e. The molecule has 94 valence electrons. The van der Waals surface area contributed by atoms with E-state index in [1.54, 1.807) is 6.92 Å². The van der Waals surface area contributed by atoms with Crippen molar-refractivity contribution in [3.63, 3.8) is 0 Å². The molecule has 0 aromatic carbocycles. The molecule has 0 bridgehead atoms. The summed E-state index contributed by atoms with van der Waals surface area (Å²) in [5.74, 6) is -2.05. The minimum atomic E-state index is -4.59. The molecule has 0 saturated heterocycles. The van der Waals surface area contributed by atoms with E-state index in [0.29, 0.717) is 10.2 Å². The second-order valence-corrected chi connectivity index (χ2v) is 4.02. The van der Waals surface area contributed by atoms with Gasteiger partial charge in [0.25, 0.3) is 5.56 Å². The highest BCUT2D eigenvalue weighted by Crippen LogP contribution is 2.27. The summed E-state index contributed by atoms with van der Waals surface area (Å²) >= 11 is 4.35. The third kappa shape index (κ3) is 3.52. The Labute approximate surface area is 100 Å². The molecular formula is C9H10F3N3OS. The molecule has 1 aromatic rings. The topological polar surface area (TPSA) is 60.9 Å². The summed E-state index contributed by atoms with van der Waals surface area (Å²) in [6.45, 7) is 0.922. The monoisotopic (exact) mass is 265 g/mol. The molecule has 0 fully saturated rings. The van der Waals surface area contributed by atoms with Crippen molar-refractivity contribution >= 4 is 17.2 Å². The lowest BCUT2D eigenvalue weighted by molar-refractivity contribution is -0.158. The second-order valence-electron chi connectivity index (χ2n) is 3.55. The lowest BCUT2D eigenvalue weighted by atomic mass is 10.1. The van der Waals surface area contributed by atoms with E-state index in [1.165, 1.54) is 12.3 Å². The Hall–Kier alpha value is -1.44. The number of thiocarbonyl (C=S) groups is 1. The molecular weight excluding hydrogens is 255 g/mol. The van der Waals surface area contributed by atoms with E-state index in [0.717, 1.165) is 0 Å². The normalized spacial score (nSPS) is 13.4. The zero-order chi connectivity index (χ0) is 13.2. The maximum atomic E-state index is 12.6. The molecule has 2 N–H and O–H groups in total. The first kappa shape index (κ1) is 13.6. The molecule has 4 nitrogen and oxygen atoms in total. The molecule has 17 heavy (non-hydrogen) atoms. The van der Waals surface area contributed by atoms with Crippen molar-refractivity contribution in [1.29, 1.82) is 0 Å². The number of aryl methyl sites for hydroxylation is 1. The Balaban J connectivity index is 3.03. The fourth-order valence-electron chi connectivity index (χ4n) is 1.19. The van der Waals surface area contributed by atoms with E-state index in [1.807, 2.05) is 0 Å². The van der Waals surface area contributed by atoms with Crippen LogP contribution in [0.4, 0.5) is 13.2 Å². The van der Waals surface area contributed by atoms with Gasteiger partial charge < -0.3 is 5.73 Å². The third-order valence-electron chi connectivity index (χ3n) is 2.10. The Morgan fingerprint density at radius 3 is 2.65 bits per heavy atom. The molecule has 0 aliphatic carbocycles. The minimum absolute atomic E-state index is 0.574. The van der Waals surface area contributed by atoms with Crippen LogP contribution in [-0.4, -0.2) is 20.9 Å². The molecule has 1 rings (SSSR count). The molecule has 0 spiro atoms. The van der Waals surface area contributed by atoms with Gasteiger partial charge in [-0.25, -0.2) is 4.68 Å². The van der Waals surface area contributed by atoms with Crippen molar-refractivity contribution in [1.82, 2.24) is 9.78 Å². The molecule has 0 amide bonds. The number of halogens is 3. The van der Waals surface area contributed by atoms with Gasteiger partial charge in [0, 0.05) is 6.07 Å². The summed E-state index contributed by atoms with van der Waals surface area (Å²) in [6, 6.07) is 1.19. The van der Waals surface area contributed by atoms with Gasteiger partial charge in [0.2, 0.25) is 0 Å². The van der Waals surface area contributed by atoms with E-state index in [2.05, 4.69) is 17.3 Å². The van der Waals surface area contributed by atoms with Crippen molar-refractivity contribution in [2.45, 2.75) is 19.6 Å². The van der Waals surface area contributed by atoms with E-state index < -0.39 is 29.2 Å². The Kier molecular flexibility index (Phi) is 3.87. The number of hydrogen-bond donors (Lipinski definition) is 1. The van der Waals surface area contributed by atoms with Crippen LogP contribution in [-0.2, 0) is 6.54 Å². The zero-order valence-electron chi connectivity index (χ0n) is 8.86. The minimum Gasteiger partial charge on any atom is -0.393 e. The summed E-state index contributed by atoms with van der Waals surface area (Å²) in [5.41, 5.74) is 4.98. The van der Waals surface area contributed by atoms with Gasteiger partial charge in [-0.1, -0.05) is 12.2 Å². The van der Waals surface area contributed by atoms with Gasteiger partial charge in [0.15, 0.2) is 0 Å². The molecule has 0 aliphatic heterocycles. The fourth-order valence-corrected chi connectivity index (χ4v) is 1.40. The summed E-state index contributed by atoms with van der Waals surface area (Å²) in [7, 11) is 0. The average molecular weight is 265 g/mol. The van der Waals surface area contributed by atoms with Gasteiger partial charge in [0.1, 0.15) is 5.92 Å². The highest BCUT2D eigenvalue weighted by atomic mass is 32.1. The van der Waals surface area contributed by atoms with Crippen LogP contribution >= 0.6 is 12.2 Å². The molecule has 1 heterocycles. The van der Waals surface area contributed by atoms with Crippen molar-refractivity contribution in [3.05, 3.63) is 28.2 Å². The lowest BCUT2D eigenvalue weighted by Crippen LogP contribution is -2.40. The SMILES string of the molecule is Cc1cnn(CC(C(N)=S)C(F)(F)F)c(=O)c1. The number of hydrogen-bond acceptors (Lipinski definition) is 3.